The van der Waals surface area contributed by atoms with E-state index in [2.05, 4.69) is 23.9 Å². The van der Waals surface area contributed by atoms with Crippen molar-refractivity contribution in [3.63, 3.8) is 0 Å². The van der Waals surface area contributed by atoms with Crippen LogP contribution in [0.25, 0.3) is 10.8 Å². The largest absolute Gasteiger partial charge is 0.375 e. The lowest BCUT2D eigenvalue weighted by molar-refractivity contribution is 0.101. The van der Waals surface area contributed by atoms with E-state index in [1.807, 2.05) is 67.6 Å². The Morgan fingerprint density at radius 1 is 0.879 bits per heavy atom. The Hall–Kier alpha value is -2.25. The Labute approximate surface area is 198 Å². The van der Waals surface area contributed by atoms with Crippen LogP contribution in [0.3, 0.4) is 0 Å². The van der Waals surface area contributed by atoms with Gasteiger partial charge in [0.15, 0.2) is 0 Å². The van der Waals surface area contributed by atoms with Crippen LogP contribution in [0.4, 0.5) is 0 Å². The fourth-order valence-electron chi connectivity index (χ4n) is 3.92. The molecule has 3 rings (SSSR count). The van der Waals surface area contributed by atoms with Crippen LogP contribution in [0.15, 0.2) is 71.6 Å². The molecule has 33 heavy (non-hydrogen) atoms. The van der Waals surface area contributed by atoms with Gasteiger partial charge in [0.25, 0.3) is 0 Å². The second-order valence-corrected chi connectivity index (χ2v) is 10.5. The number of aryl methyl sites for hydroxylation is 1. The molecular weight excluding hydrogens is 432 g/mol. The van der Waals surface area contributed by atoms with Crippen molar-refractivity contribution in [1.82, 2.24) is 10.0 Å². The minimum atomic E-state index is -3.70. The van der Waals surface area contributed by atoms with Gasteiger partial charge in [0, 0.05) is 17.5 Å². The summed E-state index contributed by atoms with van der Waals surface area (Å²) in [5.74, 6) is 0. The molecule has 0 saturated carbocycles. The lowest BCUT2D eigenvalue weighted by atomic mass is 10.1. The van der Waals surface area contributed by atoms with Crippen molar-refractivity contribution >= 4 is 20.8 Å². The summed E-state index contributed by atoms with van der Waals surface area (Å²) < 4.78 is 35.7. The van der Waals surface area contributed by atoms with Gasteiger partial charge in [-0.1, -0.05) is 80.9 Å². The summed E-state index contributed by atoms with van der Waals surface area (Å²) >= 11 is 0. The molecule has 3 aromatic rings. The van der Waals surface area contributed by atoms with Crippen LogP contribution in [-0.4, -0.2) is 33.7 Å². The van der Waals surface area contributed by atoms with Crippen molar-refractivity contribution in [3.8, 4) is 0 Å². The average molecular weight is 469 g/mol. The van der Waals surface area contributed by atoms with Crippen molar-refractivity contribution in [2.75, 3.05) is 13.2 Å². The van der Waals surface area contributed by atoms with E-state index >= 15 is 0 Å². The lowest BCUT2D eigenvalue weighted by Gasteiger charge is -2.20. The summed E-state index contributed by atoms with van der Waals surface area (Å²) in [5, 5.41) is 5.11. The maximum Gasteiger partial charge on any atom is 0.241 e. The molecule has 0 spiro atoms. The molecule has 0 aromatic heterocycles. The number of ether oxygens (including phenoxy) is 1. The second kappa shape index (κ2) is 12.3. The van der Waals surface area contributed by atoms with Gasteiger partial charge in [0.2, 0.25) is 10.0 Å². The molecule has 178 valence electrons. The predicted molar refractivity (Wildman–Crippen MR) is 136 cm³/mol. The number of benzene rings is 3. The van der Waals surface area contributed by atoms with Gasteiger partial charge in [0.05, 0.1) is 18.1 Å². The van der Waals surface area contributed by atoms with E-state index in [9.17, 15) is 8.42 Å². The number of nitrogens with one attached hydrogen (secondary N) is 2. The van der Waals surface area contributed by atoms with Crippen LogP contribution in [-0.2, 0) is 21.4 Å². The molecule has 0 aliphatic heterocycles. The van der Waals surface area contributed by atoms with E-state index in [4.69, 9.17) is 4.74 Å². The first-order valence-electron chi connectivity index (χ1n) is 11.7. The maximum atomic E-state index is 13.4. The molecule has 0 saturated heterocycles. The van der Waals surface area contributed by atoms with E-state index in [0.717, 1.165) is 47.7 Å². The van der Waals surface area contributed by atoms with Crippen LogP contribution < -0.4 is 10.0 Å². The first-order chi connectivity index (χ1) is 15.9. The maximum absolute atomic E-state index is 13.4. The fraction of sp³-hybridized carbons (Fsp3) is 0.407. The minimum Gasteiger partial charge on any atom is -0.375 e. The molecule has 0 unspecified atom stereocenters. The monoisotopic (exact) mass is 468 g/mol. The molecular formula is C27H36N2O3S. The standard InChI is InChI=1S/C27H36N2O3S/c1-21(2)28-18-10-9-13-24(20-32-19-23-11-5-4-6-12-23)29-33(30,31)27-17-16-22(3)25-14-7-8-15-26(25)27/h4-8,11-12,14-17,21,24,28-29H,9-10,13,18-20H2,1-3H3/t24-/m0/s1. The molecule has 0 fully saturated rings. The molecule has 5 nitrogen and oxygen atoms in total. The normalized spacial score (nSPS) is 13.0. The highest BCUT2D eigenvalue weighted by Gasteiger charge is 2.22. The smallest absolute Gasteiger partial charge is 0.241 e. The van der Waals surface area contributed by atoms with Gasteiger partial charge in [-0.2, -0.15) is 0 Å². The number of fused-ring (bicyclic) bond motifs is 1. The number of hydrogen-bond donors (Lipinski definition) is 2. The zero-order chi connectivity index (χ0) is 23.7. The quantitative estimate of drug-likeness (QED) is 0.339. The minimum absolute atomic E-state index is 0.294. The molecule has 0 heterocycles. The summed E-state index contributed by atoms with van der Waals surface area (Å²) in [6, 6.07) is 21.3. The zero-order valence-corrected chi connectivity index (χ0v) is 20.7. The molecule has 1 atom stereocenters. The third-order valence-corrected chi connectivity index (χ3v) is 7.25. The third kappa shape index (κ3) is 7.64. The van der Waals surface area contributed by atoms with Crippen LogP contribution >= 0.6 is 0 Å². The number of rotatable bonds is 13. The topological polar surface area (TPSA) is 67.4 Å². The van der Waals surface area contributed by atoms with Gasteiger partial charge >= 0.3 is 0 Å². The Balaban J connectivity index is 1.71. The molecule has 3 aromatic carbocycles. The van der Waals surface area contributed by atoms with Crippen molar-refractivity contribution < 1.29 is 13.2 Å². The number of unbranched alkanes of at least 4 members (excludes halogenated alkanes) is 1. The van der Waals surface area contributed by atoms with Crippen molar-refractivity contribution in [3.05, 3.63) is 77.9 Å². The molecule has 0 aliphatic carbocycles. The molecule has 0 aliphatic rings. The molecule has 0 amide bonds. The highest BCUT2D eigenvalue weighted by molar-refractivity contribution is 7.89. The van der Waals surface area contributed by atoms with Crippen LogP contribution in [0.2, 0.25) is 0 Å². The SMILES string of the molecule is Cc1ccc(S(=O)(=O)N[C@@H](CCCCNC(C)C)COCc2ccccc2)c2ccccc12. The van der Waals surface area contributed by atoms with Crippen LogP contribution in [0, 0.1) is 6.92 Å². The van der Waals surface area contributed by atoms with E-state index in [-0.39, 0.29) is 6.04 Å². The average Bonchev–Trinajstić information content (AvgIpc) is 2.79. The van der Waals surface area contributed by atoms with Gasteiger partial charge in [-0.15, -0.1) is 0 Å². The first kappa shape index (κ1) is 25.4. The predicted octanol–water partition coefficient (Wildman–Crippen LogP) is 5.18. The number of hydrogen-bond acceptors (Lipinski definition) is 4. The third-order valence-electron chi connectivity index (χ3n) is 5.68. The van der Waals surface area contributed by atoms with E-state index in [0.29, 0.717) is 24.2 Å². The first-order valence-corrected chi connectivity index (χ1v) is 13.2. The Morgan fingerprint density at radius 3 is 2.30 bits per heavy atom. The highest BCUT2D eigenvalue weighted by atomic mass is 32.2. The zero-order valence-electron chi connectivity index (χ0n) is 19.9. The molecule has 6 heteroatoms. The molecule has 2 N–H and O–H groups in total. The summed E-state index contributed by atoms with van der Waals surface area (Å²) in [7, 11) is -3.70. The van der Waals surface area contributed by atoms with E-state index in [1.54, 1.807) is 6.07 Å². The second-order valence-electron chi connectivity index (χ2n) is 8.85. The lowest BCUT2D eigenvalue weighted by Crippen LogP contribution is -2.38. The van der Waals surface area contributed by atoms with E-state index < -0.39 is 10.0 Å². The van der Waals surface area contributed by atoms with Gasteiger partial charge in [0.1, 0.15) is 0 Å². The van der Waals surface area contributed by atoms with Crippen molar-refractivity contribution in [1.29, 1.82) is 0 Å². The summed E-state index contributed by atoms with van der Waals surface area (Å²) in [5.41, 5.74) is 2.13. The highest BCUT2D eigenvalue weighted by Crippen LogP contribution is 2.26. The van der Waals surface area contributed by atoms with E-state index in [1.165, 1.54) is 0 Å². The molecule has 0 bridgehead atoms. The molecule has 0 radical (unpaired) electrons. The van der Waals surface area contributed by atoms with Crippen molar-refractivity contribution in [2.45, 2.75) is 63.6 Å². The Morgan fingerprint density at radius 2 is 1.58 bits per heavy atom. The summed E-state index contributed by atoms with van der Waals surface area (Å²) in [6.07, 6.45) is 2.62. The van der Waals surface area contributed by atoms with Crippen LogP contribution in [0.1, 0.15) is 44.2 Å². The van der Waals surface area contributed by atoms with Crippen molar-refractivity contribution in [2.24, 2.45) is 0 Å². The summed E-state index contributed by atoms with van der Waals surface area (Å²) in [4.78, 5) is 0.318. The Bertz CT molecular complexity index is 1110. The van der Waals surface area contributed by atoms with Crippen LogP contribution in [0.5, 0.6) is 0 Å². The Kier molecular flexibility index (Phi) is 9.44. The van der Waals surface area contributed by atoms with Gasteiger partial charge < -0.3 is 10.1 Å². The summed E-state index contributed by atoms with van der Waals surface area (Å²) in [6.45, 7) is 7.96. The van der Waals surface area contributed by atoms with Gasteiger partial charge in [-0.25, -0.2) is 13.1 Å². The van der Waals surface area contributed by atoms with Gasteiger partial charge in [-0.05, 0) is 48.9 Å². The fourth-order valence-corrected chi connectivity index (χ4v) is 5.38. The van der Waals surface area contributed by atoms with Gasteiger partial charge in [-0.3, -0.25) is 0 Å². The number of sulfonamides is 1.